The second-order valence-corrected chi connectivity index (χ2v) is 5.37. The average Bonchev–Trinajstić information content (AvgIpc) is 2.62. The molecule has 0 saturated heterocycles. The molecule has 0 fully saturated rings. The topological polar surface area (TPSA) is 33.1 Å². The van der Waals surface area contributed by atoms with Gasteiger partial charge < -0.3 is 5.11 Å². The fourth-order valence-corrected chi connectivity index (χ4v) is 2.81. The molecule has 1 aromatic heterocycles. The highest BCUT2D eigenvalue weighted by Gasteiger charge is 2.01. The van der Waals surface area contributed by atoms with Gasteiger partial charge in [0, 0.05) is 16.0 Å². The number of hydrogen-bond donors (Lipinski definition) is 1. The fraction of sp³-hybridized carbons (Fsp3) is 0.100. The smallest absolute Gasteiger partial charge is 0.183 e. The SMILES string of the molecule is Oc1cccc(SCc2csc(Cl)n2)c1. The molecule has 0 aliphatic heterocycles. The molecule has 15 heavy (non-hydrogen) atoms. The summed E-state index contributed by atoms with van der Waals surface area (Å²) in [5.41, 5.74) is 0.971. The van der Waals surface area contributed by atoms with Crippen LogP contribution in [0.1, 0.15) is 5.69 Å². The van der Waals surface area contributed by atoms with Gasteiger partial charge in [-0.1, -0.05) is 17.7 Å². The van der Waals surface area contributed by atoms with Crippen molar-refractivity contribution in [2.24, 2.45) is 0 Å². The van der Waals surface area contributed by atoms with E-state index in [1.54, 1.807) is 23.9 Å². The summed E-state index contributed by atoms with van der Waals surface area (Å²) in [6, 6.07) is 7.17. The molecule has 2 rings (SSSR count). The van der Waals surface area contributed by atoms with E-state index in [9.17, 15) is 5.11 Å². The lowest BCUT2D eigenvalue weighted by molar-refractivity contribution is 0.474. The lowest BCUT2D eigenvalue weighted by Crippen LogP contribution is -1.79. The van der Waals surface area contributed by atoms with Crippen LogP contribution >= 0.6 is 34.7 Å². The molecule has 78 valence electrons. The van der Waals surface area contributed by atoms with Crippen LogP contribution in [0, 0.1) is 0 Å². The summed E-state index contributed by atoms with van der Waals surface area (Å²) in [7, 11) is 0. The van der Waals surface area contributed by atoms with Gasteiger partial charge in [0.1, 0.15) is 5.75 Å². The quantitative estimate of drug-likeness (QED) is 0.850. The summed E-state index contributed by atoms with van der Waals surface area (Å²) in [6.45, 7) is 0. The predicted molar refractivity (Wildman–Crippen MR) is 64.8 cm³/mol. The highest BCUT2D eigenvalue weighted by molar-refractivity contribution is 7.98. The van der Waals surface area contributed by atoms with E-state index < -0.39 is 0 Å². The zero-order valence-electron chi connectivity index (χ0n) is 7.68. The number of halogens is 1. The minimum Gasteiger partial charge on any atom is -0.508 e. The van der Waals surface area contributed by atoms with Gasteiger partial charge in [0.05, 0.1) is 5.69 Å². The number of aromatic hydroxyl groups is 1. The van der Waals surface area contributed by atoms with Crippen molar-refractivity contribution in [2.75, 3.05) is 0 Å². The normalized spacial score (nSPS) is 10.5. The first kappa shape index (κ1) is 10.8. The fourth-order valence-electron chi connectivity index (χ4n) is 1.08. The third-order valence-electron chi connectivity index (χ3n) is 1.73. The van der Waals surface area contributed by atoms with Gasteiger partial charge in [-0.25, -0.2) is 4.98 Å². The van der Waals surface area contributed by atoms with Crippen molar-refractivity contribution in [3.63, 3.8) is 0 Å². The molecule has 0 radical (unpaired) electrons. The summed E-state index contributed by atoms with van der Waals surface area (Å²) >= 11 is 8.79. The maximum atomic E-state index is 9.27. The summed E-state index contributed by atoms with van der Waals surface area (Å²) in [5.74, 6) is 1.06. The minimum absolute atomic E-state index is 0.288. The maximum Gasteiger partial charge on any atom is 0.183 e. The van der Waals surface area contributed by atoms with Crippen molar-refractivity contribution in [3.05, 3.63) is 39.8 Å². The third kappa shape index (κ3) is 3.12. The minimum atomic E-state index is 0.288. The van der Waals surface area contributed by atoms with E-state index in [1.807, 2.05) is 17.5 Å². The molecule has 1 aromatic carbocycles. The zero-order chi connectivity index (χ0) is 10.7. The molecular weight excluding hydrogens is 250 g/mol. The molecule has 0 aliphatic rings. The molecule has 5 heteroatoms. The molecule has 2 nitrogen and oxygen atoms in total. The Balaban J connectivity index is 1.99. The van der Waals surface area contributed by atoms with Gasteiger partial charge in [-0.3, -0.25) is 0 Å². The van der Waals surface area contributed by atoms with Gasteiger partial charge in [0.15, 0.2) is 4.47 Å². The summed E-state index contributed by atoms with van der Waals surface area (Å²) in [4.78, 5) is 5.18. The van der Waals surface area contributed by atoms with Gasteiger partial charge >= 0.3 is 0 Å². The zero-order valence-corrected chi connectivity index (χ0v) is 10.1. The number of rotatable bonds is 3. The number of thioether (sulfide) groups is 1. The molecule has 0 saturated carbocycles. The number of benzene rings is 1. The van der Waals surface area contributed by atoms with Crippen molar-refractivity contribution >= 4 is 34.7 Å². The number of hydrogen-bond acceptors (Lipinski definition) is 4. The van der Waals surface area contributed by atoms with Crippen molar-refractivity contribution < 1.29 is 5.11 Å². The number of thiazole rings is 1. The van der Waals surface area contributed by atoms with Gasteiger partial charge in [0.25, 0.3) is 0 Å². The highest BCUT2D eigenvalue weighted by Crippen LogP contribution is 2.26. The first-order valence-corrected chi connectivity index (χ1v) is 6.50. The molecule has 1 heterocycles. The van der Waals surface area contributed by atoms with Crippen LogP contribution < -0.4 is 0 Å². The van der Waals surface area contributed by atoms with Crippen LogP contribution in [0.25, 0.3) is 0 Å². The number of phenolic OH excluding ortho intramolecular Hbond substituents is 1. The Bertz CT molecular complexity index is 458. The molecule has 0 bridgehead atoms. The Morgan fingerprint density at radius 3 is 3.00 bits per heavy atom. The van der Waals surface area contributed by atoms with Gasteiger partial charge in [-0.15, -0.1) is 23.1 Å². The highest BCUT2D eigenvalue weighted by atomic mass is 35.5. The monoisotopic (exact) mass is 257 g/mol. The Morgan fingerprint density at radius 2 is 2.33 bits per heavy atom. The molecule has 0 atom stereocenters. The van der Waals surface area contributed by atoms with Crippen LogP contribution in [0.15, 0.2) is 34.5 Å². The lowest BCUT2D eigenvalue weighted by Gasteiger charge is -1.99. The lowest BCUT2D eigenvalue weighted by atomic mass is 10.3. The van der Waals surface area contributed by atoms with Crippen LogP contribution in [0.2, 0.25) is 4.47 Å². The van der Waals surface area contributed by atoms with Crippen LogP contribution in [0.4, 0.5) is 0 Å². The molecule has 0 aliphatic carbocycles. The number of aromatic nitrogens is 1. The van der Waals surface area contributed by atoms with Crippen LogP contribution in [-0.2, 0) is 5.75 Å². The molecular formula is C10H8ClNOS2. The van der Waals surface area contributed by atoms with E-state index >= 15 is 0 Å². The van der Waals surface area contributed by atoms with E-state index in [2.05, 4.69) is 4.98 Å². The Labute approximate surface area is 101 Å². The summed E-state index contributed by atoms with van der Waals surface area (Å²) in [5, 5.41) is 11.2. The third-order valence-corrected chi connectivity index (χ3v) is 3.78. The second-order valence-electron chi connectivity index (χ2n) is 2.88. The standard InChI is InChI=1S/C10H8ClNOS2/c11-10-12-7(6-15-10)5-14-9-3-1-2-8(13)4-9/h1-4,6,13H,5H2. The van der Waals surface area contributed by atoms with Crippen LogP contribution in [0.3, 0.4) is 0 Å². The molecule has 0 unspecified atom stereocenters. The van der Waals surface area contributed by atoms with E-state index in [4.69, 9.17) is 11.6 Å². The Hall–Kier alpha value is -0.710. The van der Waals surface area contributed by atoms with Gasteiger partial charge in [-0.2, -0.15) is 0 Å². The second kappa shape index (κ2) is 4.88. The summed E-state index contributed by atoms with van der Waals surface area (Å²) < 4.78 is 0.571. The van der Waals surface area contributed by atoms with Crippen molar-refractivity contribution in [2.45, 2.75) is 10.6 Å². The first-order valence-electron chi connectivity index (χ1n) is 4.26. The van der Waals surface area contributed by atoms with Gasteiger partial charge in [0.2, 0.25) is 0 Å². The molecule has 2 aromatic rings. The van der Waals surface area contributed by atoms with E-state index in [0.717, 1.165) is 16.3 Å². The number of phenols is 1. The molecule has 1 N–H and O–H groups in total. The van der Waals surface area contributed by atoms with Crippen molar-refractivity contribution in [3.8, 4) is 5.75 Å². The van der Waals surface area contributed by atoms with Crippen molar-refractivity contribution in [1.82, 2.24) is 4.98 Å². The Morgan fingerprint density at radius 1 is 1.47 bits per heavy atom. The van der Waals surface area contributed by atoms with Crippen molar-refractivity contribution in [1.29, 1.82) is 0 Å². The van der Waals surface area contributed by atoms with E-state index in [1.165, 1.54) is 11.3 Å². The van der Waals surface area contributed by atoms with Gasteiger partial charge in [-0.05, 0) is 18.2 Å². The predicted octanol–water partition coefficient (Wildman–Crippen LogP) is 3.79. The maximum absolute atomic E-state index is 9.27. The molecule has 0 spiro atoms. The first-order chi connectivity index (χ1) is 7.24. The van der Waals surface area contributed by atoms with Crippen LogP contribution in [0.5, 0.6) is 5.75 Å². The van der Waals surface area contributed by atoms with Crippen LogP contribution in [-0.4, -0.2) is 10.1 Å². The van der Waals surface area contributed by atoms with E-state index in [-0.39, 0.29) is 5.75 Å². The largest absolute Gasteiger partial charge is 0.508 e. The van der Waals surface area contributed by atoms with E-state index in [0.29, 0.717) is 4.47 Å². The summed E-state index contributed by atoms with van der Waals surface area (Å²) in [6.07, 6.45) is 0. The average molecular weight is 258 g/mol. The molecule has 0 amide bonds. The number of nitrogens with zero attached hydrogens (tertiary/aromatic N) is 1. The Kier molecular flexibility index (Phi) is 3.51.